The summed E-state index contributed by atoms with van der Waals surface area (Å²) in [6.45, 7) is 3.95. The van der Waals surface area contributed by atoms with Gasteiger partial charge in [0.05, 0.1) is 0 Å². The highest BCUT2D eigenvalue weighted by atomic mass is 16.7. The lowest BCUT2D eigenvalue weighted by atomic mass is 10.0. The number of H-pyrrole nitrogens is 1. The van der Waals surface area contributed by atoms with E-state index in [1.54, 1.807) is 0 Å². The van der Waals surface area contributed by atoms with Crippen LogP contribution in [-0.4, -0.2) is 106 Å². The maximum absolute atomic E-state index is 13.2. The summed E-state index contributed by atoms with van der Waals surface area (Å²) in [6.07, 6.45) is 11.7. The van der Waals surface area contributed by atoms with E-state index >= 15 is 0 Å². The van der Waals surface area contributed by atoms with E-state index in [9.17, 15) is 39.0 Å². The molecule has 2 saturated heterocycles. The molecular weight excluding hydrogens is 782 g/mol. The molecule has 4 rings (SSSR count). The molecule has 2 fully saturated rings. The third-order valence-corrected chi connectivity index (χ3v) is 10.3. The summed E-state index contributed by atoms with van der Waals surface area (Å²) in [7, 11) is 1.24. The van der Waals surface area contributed by atoms with Gasteiger partial charge in [0.2, 0.25) is 18.1 Å². The fraction of sp³-hybridized carbons (Fsp3) is 0.619. The number of nitrogens with one attached hydrogen (secondary N) is 3. The van der Waals surface area contributed by atoms with E-state index in [4.69, 9.17) is 29.4 Å². The predicted molar refractivity (Wildman–Crippen MR) is 218 cm³/mol. The number of unbranched alkanes of at least 4 members (excludes halogenated alkanes) is 5. The van der Waals surface area contributed by atoms with Crippen molar-refractivity contribution in [3.05, 3.63) is 81.4 Å². The van der Waals surface area contributed by atoms with Gasteiger partial charge >= 0.3 is 11.7 Å². The first-order chi connectivity index (χ1) is 28.8. The molecule has 1 aromatic heterocycles. The molecule has 0 aromatic carbocycles. The quantitative estimate of drug-likeness (QED) is 0.0555. The number of hydrogen-bond acceptors (Lipinski definition) is 13. The van der Waals surface area contributed by atoms with Crippen molar-refractivity contribution in [3.8, 4) is 0 Å². The lowest BCUT2D eigenvalue weighted by molar-refractivity contribution is -0.241. The van der Waals surface area contributed by atoms with E-state index in [0.29, 0.717) is 25.7 Å². The highest BCUT2D eigenvalue weighted by Crippen LogP contribution is 2.36. The number of carbonyl (C=O) groups excluding carboxylic acids is 4. The Morgan fingerprint density at radius 3 is 2.40 bits per heavy atom. The lowest BCUT2D eigenvalue weighted by Gasteiger charge is -2.35. The van der Waals surface area contributed by atoms with Crippen LogP contribution in [0.4, 0.5) is 0 Å². The van der Waals surface area contributed by atoms with Crippen molar-refractivity contribution in [1.29, 1.82) is 0 Å². The Morgan fingerprint density at radius 2 is 1.70 bits per heavy atom. The van der Waals surface area contributed by atoms with Gasteiger partial charge in [0.15, 0.2) is 24.2 Å². The minimum Gasteiger partial charge on any atom is -0.456 e. The van der Waals surface area contributed by atoms with Crippen LogP contribution in [0.15, 0.2) is 70.1 Å². The first-order valence-electron chi connectivity index (χ1n) is 20.8. The van der Waals surface area contributed by atoms with Gasteiger partial charge in [0.25, 0.3) is 11.5 Å². The summed E-state index contributed by atoms with van der Waals surface area (Å²) >= 11 is 0. The van der Waals surface area contributed by atoms with Crippen LogP contribution in [0.5, 0.6) is 0 Å². The summed E-state index contributed by atoms with van der Waals surface area (Å²) < 4.78 is 30.0. The number of aliphatic hydroxyl groups is 2. The van der Waals surface area contributed by atoms with Crippen molar-refractivity contribution in [1.82, 2.24) is 20.2 Å². The zero-order valence-corrected chi connectivity index (χ0v) is 34.6. The number of carbonyl (C=O) groups is 4. The molecule has 0 spiro atoms. The molecule has 18 nitrogen and oxygen atoms in total. The van der Waals surface area contributed by atoms with Crippen LogP contribution in [0.2, 0.25) is 0 Å². The molecule has 7 N–H and O–H groups in total. The van der Waals surface area contributed by atoms with Crippen molar-refractivity contribution >= 4 is 23.7 Å². The molecule has 60 heavy (non-hydrogen) atoms. The second-order valence-corrected chi connectivity index (χ2v) is 15.1. The fourth-order valence-corrected chi connectivity index (χ4v) is 7.13. The molecule has 332 valence electrons. The number of aliphatic hydroxyl groups excluding tert-OH is 2. The number of primary amides is 1. The summed E-state index contributed by atoms with van der Waals surface area (Å²) in [5, 5.41) is 26.9. The number of rotatable bonds is 22. The maximum Gasteiger partial charge on any atom is 0.330 e. The van der Waals surface area contributed by atoms with E-state index in [2.05, 4.69) is 59.0 Å². The van der Waals surface area contributed by atoms with Crippen LogP contribution < -0.4 is 27.6 Å². The van der Waals surface area contributed by atoms with Gasteiger partial charge < -0.3 is 50.3 Å². The normalized spacial score (nSPS) is 27.6. The maximum atomic E-state index is 13.2. The number of aromatic nitrogens is 2. The Hall–Kier alpha value is -4.88. The van der Waals surface area contributed by atoms with E-state index in [1.807, 2.05) is 6.92 Å². The van der Waals surface area contributed by atoms with Gasteiger partial charge in [0, 0.05) is 31.8 Å². The zero-order valence-electron chi connectivity index (χ0n) is 34.6. The van der Waals surface area contributed by atoms with Gasteiger partial charge in [-0.3, -0.25) is 33.5 Å². The predicted octanol–water partition coefficient (Wildman–Crippen LogP) is 1.96. The standard InChI is InChI=1S/C42H61N5O13/c1-4-5-6-7-8-9-10-11-12-13-14-15-16-17-18-22-31(50)58-36-33(56-3)34(59-40(36)47-24-23-30(49)46-42(47)55)35(37(43)52)60-41-32(51)28(48)25-29(57-41)39(54)45-27-21-19-20-26(2)44-38(27)53/h5-6,8-9,11-12,23-28,32-36,40-41,48,51H,4,7,10,13-22H2,1-3H3,(H2,43,52)(H,44,53)(H,45,54)(H,46,49,55)/b6-5-,9-8-,12-11-/t26-,27+,28+,32+,33-,34?,35-,36-,40-,41-/m1/s1. The number of methoxy groups -OCH3 is 1. The third kappa shape index (κ3) is 14.1. The van der Waals surface area contributed by atoms with E-state index in [-0.39, 0.29) is 12.5 Å². The van der Waals surface area contributed by atoms with Crippen LogP contribution in [0.25, 0.3) is 0 Å². The van der Waals surface area contributed by atoms with E-state index in [1.165, 1.54) is 7.11 Å². The Kier molecular flexibility index (Phi) is 19.4. The van der Waals surface area contributed by atoms with Gasteiger partial charge in [-0.1, -0.05) is 62.6 Å². The SMILES string of the molecule is CC/C=C\C/C=C\C/C=C\CCCCCCCC(=O)O[C@@H]1[C@H](OC)C([C@@H](O[C@H]2OC(C(=O)N[C@H]3CCC[C@@H](C)NC3=O)=C[C@H](O)[C@@H]2O)C(N)=O)O[C@H]1n1ccc(=O)[nH]c1=O. The molecule has 0 saturated carbocycles. The number of allylic oxidation sites excluding steroid dienone is 6. The molecule has 1 aromatic rings. The molecule has 3 aliphatic rings. The van der Waals surface area contributed by atoms with Crippen LogP contribution in [0.3, 0.4) is 0 Å². The van der Waals surface area contributed by atoms with Crippen LogP contribution in [0.1, 0.15) is 104 Å². The number of amides is 3. The molecule has 0 bridgehead atoms. The molecule has 3 amide bonds. The molecule has 18 heteroatoms. The first-order valence-corrected chi connectivity index (χ1v) is 20.8. The monoisotopic (exact) mass is 843 g/mol. The number of esters is 1. The van der Waals surface area contributed by atoms with E-state index < -0.39 is 95.9 Å². The van der Waals surface area contributed by atoms with Crippen molar-refractivity contribution in [2.75, 3.05) is 7.11 Å². The van der Waals surface area contributed by atoms with Crippen LogP contribution in [-0.2, 0) is 42.9 Å². The third-order valence-electron chi connectivity index (χ3n) is 10.3. The summed E-state index contributed by atoms with van der Waals surface area (Å²) in [5.74, 6) is -3.60. The lowest BCUT2D eigenvalue weighted by Crippen LogP contribution is -2.54. The summed E-state index contributed by atoms with van der Waals surface area (Å²) in [4.78, 5) is 79.1. The summed E-state index contributed by atoms with van der Waals surface area (Å²) in [5.41, 5.74) is 4.15. The second kappa shape index (κ2) is 24.4. The minimum atomic E-state index is -1.89. The smallest absolute Gasteiger partial charge is 0.330 e. The Balaban J connectivity index is 1.39. The Morgan fingerprint density at radius 1 is 1.00 bits per heavy atom. The first kappa shape index (κ1) is 47.8. The summed E-state index contributed by atoms with van der Waals surface area (Å²) in [6, 6.07) is 0.0654. The average molecular weight is 844 g/mol. The molecule has 1 unspecified atom stereocenters. The highest BCUT2D eigenvalue weighted by molar-refractivity contribution is 5.95. The minimum absolute atomic E-state index is 0.0268. The Labute approximate surface area is 349 Å². The van der Waals surface area contributed by atoms with Crippen molar-refractivity contribution in [2.24, 2.45) is 5.73 Å². The number of ether oxygens (including phenoxy) is 5. The highest BCUT2D eigenvalue weighted by Gasteiger charge is 2.54. The van der Waals surface area contributed by atoms with Crippen molar-refractivity contribution in [3.63, 3.8) is 0 Å². The average Bonchev–Trinajstić information content (AvgIpc) is 3.46. The molecule has 0 aliphatic carbocycles. The molecule has 3 aliphatic heterocycles. The van der Waals surface area contributed by atoms with Crippen LogP contribution in [0, 0.1) is 0 Å². The zero-order chi connectivity index (χ0) is 43.6. The number of hydrogen-bond donors (Lipinski definition) is 6. The van der Waals surface area contributed by atoms with Crippen LogP contribution >= 0.6 is 0 Å². The Bertz CT molecular complexity index is 1820. The van der Waals surface area contributed by atoms with Gasteiger partial charge in [0.1, 0.15) is 30.5 Å². The topological polar surface area (TPSA) is 260 Å². The van der Waals surface area contributed by atoms with Crippen molar-refractivity contribution in [2.45, 2.75) is 159 Å². The van der Waals surface area contributed by atoms with Crippen molar-refractivity contribution < 1.29 is 53.1 Å². The van der Waals surface area contributed by atoms with E-state index in [0.717, 1.165) is 74.3 Å². The number of nitrogens with two attached hydrogens (primary N) is 1. The number of aromatic amines is 1. The molecule has 10 atom stereocenters. The van der Waals surface area contributed by atoms with Gasteiger partial charge in [-0.2, -0.15) is 0 Å². The number of nitrogens with zero attached hydrogens (tertiary/aromatic N) is 1. The molecular formula is C42H61N5O13. The largest absolute Gasteiger partial charge is 0.456 e. The second-order valence-electron chi connectivity index (χ2n) is 15.1. The molecule has 0 radical (unpaired) electrons. The van der Waals surface area contributed by atoms with Gasteiger partial charge in [-0.05, 0) is 70.8 Å². The molecule has 4 heterocycles. The van der Waals surface area contributed by atoms with Gasteiger partial charge in [-0.15, -0.1) is 0 Å². The van der Waals surface area contributed by atoms with Gasteiger partial charge in [-0.25, -0.2) is 4.79 Å². The fourth-order valence-electron chi connectivity index (χ4n) is 7.13.